The van der Waals surface area contributed by atoms with Crippen LogP contribution in [-0.4, -0.2) is 30.3 Å². The molecule has 1 saturated heterocycles. The van der Waals surface area contributed by atoms with E-state index < -0.39 is 0 Å². The van der Waals surface area contributed by atoms with Gasteiger partial charge in [-0.05, 0) is 62.5 Å². The van der Waals surface area contributed by atoms with Crippen molar-refractivity contribution in [2.75, 3.05) is 25.0 Å². The molecule has 3 rings (SSSR count). The summed E-state index contributed by atoms with van der Waals surface area (Å²) >= 11 is 0. The lowest BCUT2D eigenvalue weighted by molar-refractivity contribution is 0.373. The molecule has 4 heteroatoms. The standard InChI is InChI=1S/C17H22N4/c1-21(16-7-3-2-4-8-16)17-10-9-15(19-20-17)12-14-6-5-11-18-13-14/h2-4,7-10,14,18H,5-6,11-13H2,1H3/t14-/m0/s1. The molecule has 2 heterocycles. The fourth-order valence-corrected chi connectivity index (χ4v) is 2.82. The Bertz CT molecular complexity index is 547. The molecule has 110 valence electrons. The number of piperidine rings is 1. The maximum Gasteiger partial charge on any atom is 0.155 e. The summed E-state index contributed by atoms with van der Waals surface area (Å²) in [7, 11) is 2.02. The predicted octanol–water partition coefficient (Wildman–Crippen LogP) is 2.79. The minimum absolute atomic E-state index is 0.700. The lowest BCUT2D eigenvalue weighted by Crippen LogP contribution is -2.31. The van der Waals surface area contributed by atoms with E-state index in [0.29, 0.717) is 5.92 Å². The van der Waals surface area contributed by atoms with Gasteiger partial charge in [-0.1, -0.05) is 18.2 Å². The number of rotatable bonds is 4. The zero-order valence-corrected chi connectivity index (χ0v) is 12.5. The molecule has 1 aliphatic rings. The Labute approximate surface area is 126 Å². The first-order valence-corrected chi connectivity index (χ1v) is 7.65. The van der Waals surface area contributed by atoms with Crippen LogP contribution in [-0.2, 0) is 6.42 Å². The highest BCUT2D eigenvalue weighted by Gasteiger charge is 2.14. The largest absolute Gasteiger partial charge is 0.328 e. The Morgan fingerprint density at radius 1 is 1.14 bits per heavy atom. The fraction of sp³-hybridized carbons (Fsp3) is 0.412. The summed E-state index contributed by atoms with van der Waals surface area (Å²) in [5.74, 6) is 1.58. The molecule has 4 nitrogen and oxygen atoms in total. The van der Waals surface area contributed by atoms with Gasteiger partial charge < -0.3 is 10.2 Å². The van der Waals surface area contributed by atoms with Crippen LogP contribution >= 0.6 is 0 Å². The maximum atomic E-state index is 4.40. The minimum atomic E-state index is 0.700. The molecule has 0 spiro atoms. The van der Waals surface area contributed by atoms with Gasteiger partial charge in [0.15, 0.2) is 5.82 Å². The van der Waals surface area contributed by atoms with Crippen LogP contribution in [0.5, 0.6) is 0 Å². The molecule has 21 heavy (non-hydrogen) atoms. The summed E-state index contributed by atoms with van der Waals surface area (Å²) in [6, 6.07) is 14.4. The van der Waals surface area contributed by atoms with E-state index in [9.17, 15) is 0 Å². The van der Waals surface area contributed by atoms with E-state index in [1.54, 1.807) is 0 Å². The van der Waals surface area contributed by atoms with Gasteiger partial charge in [-0.3, -0.25) is 0 Å². The lowest BCUT2D eigenvalue weighted by Gasteiger charge is -2.22. The van der Waals surface area contributed by atoms with Crippen molar-refractivity contribution < 1.29 is 0 Å². The topological polar surface area (TPSA) is 41.0 Å². The zero-order chi connectivity index (χ0) is 14.5. The third-order valence-electron chi connectivity index (χ3n) is 4.09. The van der Waals surface area contributed by atoms with E-state index in [1.165, 1.54) is 12.8 Å². The molecule has 1 fully saturated rings. The highest BCUT2D eigenvalue weighted by Crippen LogP contribution is 2.21. The second-order valence-corrected chi connectivity index (χ2v) is 5.69. The van der Waals surface area contributed by atoms with Gasteiger partial charge in [-0.15, -0.1) is 5.10 Å². The number of aromatic nitrogens is 2. The average molecular weight is 282 g/mol. The van der Waals surface area contributed by atoms with Crippen molar-refractivity contribution in [3.05, 3.63) is 48.2 Å². The second kappa shape index (κ2) is 6.68. The number of hydrogen-bond donors (Lipinski definition) is 1. The van der Waals surface area contributed by atoms with Crippen LogP contribution in [0, 0.1) is 5.92 Å². The highest BCUT2D eigenvalue weighted by atomic mass is 15.2. The Morgan fingerprint density at radius 2 is 2.00 bits per heavy atom. The van der Waals surface area contributed by atoms with Crippen molar-refractivity contribution >= 4 is 11.5 Å². The monoisotopic (exact) mass is 282 g/mol. The molecular weight excluding hydrogens is 260 g/mol. The summed E-state index contributed by atoms with van der Waals surface area (Å²) in [6.07, 6.45) is 3.59. The molecule has 2 aromatic rings. The molecule has 0 unspecified atom stereocenters. The van der Waals surface area contributed by atoms with Crippen molar-refractivity contribution in [1.82, 2.24) is 15.5 Å². The van der Waals surface area contributed by atoms with Gasteiger partial charge in [-0.2, -0.15) is 5.10 Å². The number of benzene rings is 1. The number of para-hydroxylation sites is 1. The third kappa shape index (κ3) is 3.58. The molecule has 1 aliphatic heterocycles. The summed E-state index contributed by atoms with van der Waals surface area (Å²) < 4.78 is 0. The summed E-state index contributed by atoms with van der Waals surface area (Å²) in [4.78, 5) is 2.05. The highest BCUT2D eigenvalue weighted by molar-refractivity contribution is 5.58. The van der Waals surface area contributed by atoms with Gasteiger partial charge >= 0.3 is 0 Å². The summed E-state index contributed by atoms with van der Waals surface area (Å²) in [5.41, 5.74) is 2.21. The number of nitrogens with zero attached hydrogens (tertiary/aromatic N) is 3. The summed E-state index contributed by atoms with van der Waals surface area (Å²) in [5, 5.41) is 12.2. The van der Waals surface area contributed by atoms with Crippen LogP contribution in [0.15, 0.2) is 42.5 Å². The lowest BCUT2D eigenvalue weighted by atomic mass is 9.95. The molecule has 0 bridgehead atoms. The minimum Gasteiger partial charge on any atom is -0.328 e. The van der Waals surface area contributed by atoms with Crippen molar-refractivity contribution in [3.8, 4) is 0 Å². The van der Waals surface area contributed by atoms with E-state index in [1.807, 2.05) is 25.2 Å². The van der Waals surface area contributed by atoms with Crippen LogP contribution < -0.4 is 10.2 Å². The molecule has 1 aromatic carbocycles. The fourth-order valence-electron chi connectivity index (χ4n) is 2.82. The molecule has 1 atom stereocenters. The zero-order valence-electron chi connectivity index (χ0n) is 12.5. The van der Waals surface area contributed by atoms with Crippen molar-refractivity contribution in [2.45, 2.75) is 19.3 Å². The molecule has 1 N–H and O–H groups in total. The molecule has 1 aromatic heterocycles. The van der Waals surface area contributed by atoms with Crippen molar-refractivity contribution in [2.24, 2.45) is 5.92 Å². The van der Waals surface area contributed by atoms with Gasteiger partial charge in [0.25, 0.3) is 0 Å². The Hall–Kier alpha value is -1.94. The van der Waals surface area contributed by atoms with Gasteiger partial charge in [-0.25, -0.2) is 0 Å². The smallest absolute Gasteiger partial charge is 0.155 e. The van der Waals surface area contributed by atoms with E-state index in [-0.39, 0.29) is 0 Å². The number of hydrogen-bond acceptors (Lipinski definition) is 4. The van der Waals surface area contributed by atoms with Crippen LogP contribution in [0.25, 0.3) is 0 Å². The molecule has 0 saturated carbocycles. The van der Waals surface area contributed by atoms with E-state index in [0.717, 1.165) is 36.7 Å². The predicted molar refractivity (Wildman–Crippen MR) is 85.8 cm³/mol. The van der Waals surface area contributed by atoms with Crippen molar-refractivity contribution in [3.63, 3.8) is 0 Å². The Balaban J connectivity index is 1.66. The number of anilines is 2. The van der Waals surface area contributed by atoms with Crippen molar-refractivity contribution in [1.29, 1.82) is 0 Å². The van der Waals surface area contributed by atoms with E-state index in [2.05, 4.69) is 44.7 Å². The molecule has 0 amide bonds. The summed E-state index contributed by atoms with van der Waals surface area (Å²) in [6.45, 7) is 2.26. The second-order valence-electron chi connectivity index (χ2n) is 5.69. The van der Waals surface area contributed by atoms with E-state index >= 15 is 0 Å². The first kappa shape index (κ1) is 14.0. The normalized spacial score (nSPS) is 18.4. The third-order valence-corrected chi connectivity index (χ3v) is 4.09. The van der Waals surface area contributed by atoms with Gasteiger partial charge in [0.05, 0.1) is 5.69 Å². The van der Waals surface area contributed by atoms with Crippen LogP contribution in [0.3, 0.4) is 0 Å². The Morgan fingerprint density at radius 3 is 2.67 bits per heavy atom. The number of nitrogens with one attached hydrogen (secondary N) is 1. The van der Waals surface area contributed by atoms with Crippen LogP contribution in [0.4, 0.5) is 11.5 Å². The van der Waals surface area contributed by atoms with Crippen LogP contribution in [0.2, 0.25) is 0 Å². The Kier molecular flexibility index (Phi) is 4.46. The molecule has 0 aliphatic carbocycles. The van der Waals surface area contributed by atoms with Crippen LogP contribution in [0.1, 0.15) is 18.5 Å². The molecular formula is C17H22N4. The first-order valence-electron chi connectivity index (χ1n) is 7.65. The first-order chi connectivity index (χ1) is 10.3. The molecule has 0 radical (unpaired) electrons. The quantitative estimate of drug-likeness (QED) is 0.936. The van der Waals surface area contributed by atoms with Gasteiger partial charge in [0.1, 0.15) is 0 Å². The maximum absolute atomic E-state index is 4.40. The average Bonchev–Trinajstić information content (AvgIpc) is 2.57. The van der Waals surface area contributed by atoms with E-state index in [4.69, 9.17) is 0 Å². The van der Waals surface area contributed by atoms with Gasteiger partial charge in [0, 0.05) is 12.7 Å². The SMILES string of the molecule is CN(c1ccccc1)c1ccc(C[C@@H]2CCCNC2)nn1. The van der Waals surface area contributed by atoms with Gasteiger partial charge in [0.2, 0.25) is 0 Å².